The number of hydrogen-bond donors (Lipinski definition) is 2. The number of benzene rings is 2. The molecule has 1 saturated heterocycles. The zero-order chi connectivity index (χ0) is 23.6. The molecule has 33 heavy (non-hydrogen) atoms. The monoisotopic (exact) mass is 469 g/mol. The van der Waals surface area contributed by atoms with E-state index in [1.165, 1.54) is 9.87 Å². The Balaban J connectivity index is 1.46. The minimum atomic E-state index is -3.73. The van der Waals surface area contributed by atoms with Crippen LogP contribution in [-0.4, -0.2) is 37.6 Å². The zero-order valence-corrected chi connectivity index (χ0v) is 20.0. The van der Waals surface area contributed by atoms with Gasteiger partial charge < -0.3 is 10.6 Å². The first-order valence-corrected chi connectivity index (χ1v) is 13.0. The van der Waals surface area contributed by atoms with Crippen LogP contribution in [0.2, 0.25) is 0 Å². The summed E-state index contributed by atoms with van der Waals surface area (Å²) in [5, 5.41) is 5.78. The topological polar surface area (TPSA) is 95.6 Å². The van der Waals surface area contributed by atoms with Gasteiger partial charge in [-0.15, -0.1) is 0 Å². The normalized spacial score (nSPS) is 19.5. The Labute approximate surface area is 195 Å². The van der Waals surface area contributed by atoms with Crippen molar-refractivity contribution in [2.75, 3.05) is 23.7 Å². The van der Waals surface area contributed by atoms with Crippen molar-refractivity contribution in [2.24, 2.45) is 5.92 Å². The summed E-state index contributed by atoms with van der Waals surface area (Å²) in [6.07, 6.45) is 3.05. The van der Waals surface area contributed by atoms with Gasteiger partial charge in [0.15, 0.2) is 0 Å². The zero-order valence-electron chi connectivity index (χ0n) is 19.1. The van der Waals surface area contributed by atoms with Crippen molar-refractivity contribution in [2.45, 2.75) is 56.8 Å². The molecule has 0 spiro atoms. The largest absolute Gasteiger partial charge is 0.326 e. The second kappa shape index (κ2) is 9.65. The number of carbonyl (C=O) groups is 2. The quantitative estimate of drug-likeness (QED) is 0.688. The Hall–Kier alpha value is -2.71. The van der Waals surface area contributed by atoms with E-state index in [9.17, 15) is 18.0 Å². The van der Waals surface area contributed by atoms with Crippen molar-refractivity contribution >= 4 is 33.2 Å². The molecule has 0 radical (unpaired) electrons. The standard InChI is InChI=1S/C25H31N3O4S/c1-17(2)18-8-10-21(11-9-18)26-25(30)20-6-4-14-28(16-20)33(31,32)22-12-13-23-19(15-22)5-3-7-24(29)27-23/h8-13,15,17,20H,3-7,14,16H2,1-2H3,(H,26,30)(H,27,29)/t20-/m0/s1. The summed E-state index contributed by atoms with van der Waals surface area (Å²) in [7, 11) is -3.73. The maximum absolute atomic E-state index is 13.4. The summed E-state index contributed by atoms with van der Waals surface area (Å²) >= 11 is 0. The molecular weight excluding hydrogens is 438 g/mol. The van der Waals surface area contributed by atoms with Crippen LogP contribution in [0.1, 0.15) is 56.6 Å². The Morgan fingerprint density at radius 1 is 1.09 bits per heavy atom. The number of rotatable bonds is 5. The van der Waals surface area contributed by atoms with Crippen molar-refractivity contribution in [3.8, 4) is 0 Å². The van der Waals surface area contributed by atoms with Crippen LogP contribution in [-0.2, 0) is 26.0 Å². The predicted molar refractivity (Wildman–Crippen MR) is 129 cm³/mol. The molecule has 176 valence electrons. The lowest BCUT2D eigenvalue weighted by molar-refractivity contribution is -0.121. The van der Waals surface area contributed by atoms with Gasteiger partial charge in [-0.05, 0) is 73.1 Å². The maximum Gasteiger partial charge on any atom is 0.243 e. The molecule has 0 aliphatic carbocycles. The van der Waals surface area contributed by atoms with Crippen molar-refractivity contribution in [3.63, 3.8) is 0 Å². The predicted octanol–water partition coefficient (Wildman–Crippen LogP) is 4.12. The summed E-state index contributed by atoms with van der Waals surface area (Å²) in [5.41, 5.74) is 3.43. The van der Waals surface area contributed by atoms with Crippen molar-refractivity contribution in [1.29, 1.82) is 0 Å². The van der Waals surface area contributed by atoms with E-state index < -0.39 is 15.9 Å². The van der Waals surface area contributed by atoms with E-state index in [1.54, 1.807) is 18.2 Å². The van der Waals surface area contributed by atoms with Crippen LogP contribution >= 0.6 is 0 Å². The van der Waals surface area contributed by atoms with Gasteiger partial charge in [-0.25, -0.2) is 8.42 Å². The smallest absolute Gasteiger partial charge is 0.243 e. The number of piperidine rings is 1. The number of nitrogens with one attached hydrogen (secondary N) is 2. The Morgan fingerprint density at radius 2 is 1.85 bits per heavy atom. The van der Waals surface area contributed by atoms with E-state index in [1.807, 2.05) is 24.3 Å². The summed E-state index contributed by atoms with van der Waals surface area (Å²) in [6, 6.07) is 12.6. The number of aryl methyl sites for hydroxylation is 1. The summed E-state index contributed by atoms with van der Waals surface area (Å²) in [6.45, 7) is 4.78. The Morgan fingerprint density at radius 3 is 2.58 bits per heavy atom. The molecule has 2 N–H and O–H groups in total. The maximum atomic E-state index is 13.4. The highest BCUT2D eigenvalue weighted by atomic mass is 32.2. The molecule has 2 amide bonds. The third-order valence-electron chi connectivity index (χ3n) is 6.44. The van der Waals surface area contributed by atoms with Gasteiger partial charge in [-0.3, -0.25) is 9.59 Å². The van der Waals surface area contributed by atoms with Crippen LogP contribution in [0, 0.1) is 5.92 Å². The van der Waals surface area contributed by atoms with Crippen LogP contribution < -0.4 is 10.6 Å². The Kier molecular flexibility index (Phi) is 6.86. The molecule has 4 rings (SSSR count). The van der Waals surface area contributed by atoms with Gasteiger partial charge in [0, 0.05) is 30.9 Å². The third-order valence-corrected chi connectivity index (χ3v) is 8.30. The molecule has 2 aromatic rings. The molecule has 2 aliphatic rings. The molecule has 0 unspecified atom stereocenters. The number of amides is 2. The molecule has 2 aromatic carbocycles. The highest BCUT2D eigenvalue weighted by molar-refractivity contribution is 7.89. The molecule has 0 aromatic heterocycles. The molecule has 8 heteroatoms. The van der Waals surface area contributed by atoms with Gasteiger partial charge in [0.1, 0.15) is 0 Å². The fourth-order valence-electron chi connectivity index (χ4n) is 4.43. The van der Waals surface area contributed by atoms with E-state index in [0.717, 1.165) is 11.3 Å². The molecule has 1 fully saturated rings. The summed E-state index contributed by atoms with van der Waals surface area (Å²) in [4.78, 5) is 24.9. The van der Waals surface area contributed by atoms with Crippen LogP contribution in [0.5, 0.6) is 0 Å². The van der Waals surface area contributed by atoms with Crippen molar-refractivity contribution < 1.29 is 18.0 Å². The third kappa shape index (κ3) is 5.28. The average molecular weight is 470 g/mol. The Bertz CT molecular complexity index is 1140. The molecule has 0 saturated carbocycles. The summed E-state index contributed by atoms with van der Waals surface area (Å²) < 4.78 is 28.1. The minimum absolute atomic E-state index is 0.0481. The SMILES string of the molecule is CC(C)c1ccc(NC(=O)[C@H]2CCCN(S(=O)(=O)c3ccc4c(c3)CCCC(=O)N4)C2)cc1. The van der Waals surface area contributed by atoms with E-state index in [4.69, 9.17) is 0 Å². The highest BCUT2D eigenvalue weighted by Gasteiger charge is 2.34. The number of hydrogen-bond acceptors (Lipinski definition) is 4. The van der Waals surface area contributed by atoms with Crippen molar-refractivity contribution in [3.05, 3.63) is 53.6 Å². The molecule has 0 bridgehead atoms. The van der Waals surface area contributed by atoms with E-state index in [0.29, 0.717) is 50.3 Å². The van der Waals surface area contributed by atoms with Crippen LogP contribution in [0.4, 0.5) is 11.4 Å². The first-order valence-electron chi connectivity index (χ1n) is 11.6. The first-order chi connectivity index (χ1) is 15.7. The highest BCUT2D eigenvalue weighted by Crippen LogP contribution is 2.29. The number of carbonyl (C=O) groups excluding carboxylic acids is 2. The van der Waals surface area contributed by atoms with E-state index in [-0.39, 0.29) is 23.3 Å². The molecule has 2 heterocycles. The van der Waals surface area contributed by atoms with Crippen LogP contribution in [0.15, 0.2) is 47.4 Å². The second-order valence-electron chi connectivity index (χ2n) is 9.19. The van der Waals surface area contributed by atoms with Gasteiger partial charge >= 0.3 is 0 Å². The number of anilines is 2. The lowest BCUT2D eigenvalue weighted by Gasteiger charge is -2.31. The number of nitrogens with zero attached hydrogens (tertiary/aromatic N) is 1. The van der Waals surface area contributed by atoms with E-state index in [2.05, 4.69) is 24.5 Å². The number of fused-ring (bicyclic) bond motifs is 1. The van der Waals surface area contributed by atoms with E-state index >= 15 is 0 Å². The van der Waals surface area contributed by atoms with Gasteiger partial charge in [-0.1, -0.05) is 26.0 Å². The van der Waals surface area contributed by atoms with Gasteiger partial charge in [0.05, 0.1) is 10.8 Å². The van der Waals surface area contributed by atoms with Gasteiger partial charge in [0.25, 0.3) is 0 Å². The summed E-state index contributed by atoms with van der Waals surface area (Å²) in [5.74, 6) is -0.195. The fraction of sp³-hybridized carbons (Fsp3) is 0.440. The van der Waals surface area contributed by atoms with Crippen LogP contribution in [0.25, 0.3) is 0 Å². The van der Waals surface area contributed by atoms with Crippen molar-refractivity contribution in [1.82, 2.24) is 4.31 Å². The fourth-order valence-corrected chi connectivity index (χ4v) is 6.01. The second-order valence-corrected chi connectivity index (χ2v) is 11.1. The lowest BCUT2D eigenvalue weighted by atomic mass is 9.98. The number of sulfonamides is 1. The lowest BCUT2D eigenvalue weighted by Crippen LogP contribution is -2.43. The molecular formula is C25H31N3O4S. The minimum Gasteiger partial charge on any atom is -0.326 e. The average Bonchev–Trinajstić information content (AvgIpc) is 2.99. The first kappa shape index (κ1) is 23.4. The van der Waals surface area contributed by atoms with Crippen LogP contribution in [0.3, 0.4) is 0 Å². The molecule has 7 nitrogen and oxygen atoms in total. The molecule has 1 atom stereocenters. The van der Waals surface area contributed by atoms with Gasteiger partial charge in [0.2, 0.25) is 21.8 Å². The van der Waals surface area contributed by atoms with Gasteiger partial charge in [-0.2, -0.15) is 4.31 Å². The molecule has 2 aliphatic heterocycles.